The van der Waals surface area contributed by atoms with Crippen LogP contribution in [0.2, 0.25) is 0 Å². The second kappa shape index (κ2) is 7.87. The zero-order valence-corrected chi connectivity index (χ0v) is 15.6. The first kappa shape index (κ1) is 17.7. The van der Waals surface area contributed by atoms with Gasteiger partial charge in [0.25, 0.3) is 5.91 Å². The van der Waals surface area contributed by atoms with Crippen molar-refractivity contribution >= 4 is 34.6 Å². The van der Waals surface area contributed by atoms with E-state index in [1.807, 2.05) is 29.2 Å². The Hall–Kier alpha value is -2.74. The van der Waals surface area contributed by atoms with E-state index in [4.69, 9.17) is 4.42 Å². The van der Waals surface area contributed by atoms with Crippen LogP contribution >= 0.6 is 11.8 Å². The third-order valence-electron chi connectivity index (χ3n) is 4.55. The van der Waals surface area contributed by atoms with Crippen molar-refractivity contribution in [1.29, 1.82) is 0 Å². The Kier molecular flexibility index (Phi) is 5.15. The molecule has 0 bridgehead atoms. The monoisotopic (exact) mass is 384 g/mol. The Labute approximate surface area is 160 Å². The zero-order chi connectivity index (χ0) is 18.6. The van der Waals surface area contributed by atoms with E-state index >= 15 is 0 Å². The minimum absolute atomic E-state index is 0.0983. The van der Waals surface area contributed by atoms with Crippen LogP contribution in [0.5, 0.6) is 0 Å². The van der Waals surface area contributed by atoms with Gasteiger partial charge in [-0.3, -0.25) is 9.59 Å². The van der Waals surface area contributed by atoms with Crippen LogP contribution in [-0.2, 0) is 10.5 Å². The standard InChI is InChI=1S/C19H20N4O3S/c24-18(13-27-12-17-20-14-4-1-2-5-15(14)21-17)22-7-9-23(10-8-22)19(25)16-6-3-11-26-16/h1-6,11H,7-10,12-13H2,(H,20,21). The van der Waals surface area contributed by atoms with Crippen LogP contribution in [0.4, 0.5) is 0 Å². The molecule has 140 valence electrons. The number of nitrogens with one attached hydrogen (secondary N) is 1. The molecule has 2 amide bonds. The van der Waals surface area contributed by atoms with E-state index in [-0.39, 0.29) is 11.8 Å². The third-order valence-corrected chi connectivity index (χ3v) is 5.48. The quantitative estimate of drug-likeness (QED) is 0.730. The molecule has 0 saturated carbocycles. The molecular formula is C19H20N4O3S. The van der Waals surface area contributed by atoms with Gasteiger partial charge in [0.15, 0.2) is 5.76 Å². The van der Waals surface area contributed by atoms with Crippen molar-refractivity contribution in [3.8, 4) is 0 Å². The number of carbonyl (C=O) groups is 2. The largest absolute Gasteiger partial charge is 0.459 e. The fourth-order valence-corrected chi connectivity index (χ4v) is 3.90. The number of nitrogens with zero attached hydrogens (tertiary/aromatic N) is 3. The lowest BCUT2D eigenvalue weighted by atomic mass is 10.3. The van der Waals surface area contributed by atoms with Crippen LogP contribution in [0.25, 0.3) is 11.0 Å². The number of piperazine rings is 1. The fraction of sp³-hybridized carbons (Fsp3) is 0.316. The van der Waals surface area contributed by atoms with Crippen LogP contribution in [0.1, 0.15) is 16.4 Å². The highest BCUT2D eigenvalue weighted by atomic mass is 32.2. The van der Waals surface area contributed by atoms with Gasteiger partial charge in [-0.1, -0.05) is 12.1 Å². The van der Waals surface area contributed by atoms with Crippen LogP contribution in [-0.4, -0.2) is 63.5 Å². The van der Waals surface area contributed by atoms with Crippen molar-refractivity contribution in [3.05, 3.63) is 54.2 Å². The molecule has 4 rings (SSSR count). The van der Waals surface area contributed by atoms with E-state index in [1.54, 1.807) is 28.8 Å². The van der Waals surface area contributed by atoms with Crippen LogP contribution in [0, 0.1) is 0 Å². The summed E-state index contributed by atoms with van der Waals surface area (Å²) in [5.74, 6) is 2.27. The number of benzene rings is 1. The normalized spacial score (nSPS) is 14.7. The number of carbonyl (C=O) groups excluding carboxylic acids is 2. The molecule has 8 heteroatoms. The molecule has 0 unspecified atom stereocenters. The molecule has 1 aliphatic heterocycles. The van der Waals surface area contributed by atoms with E-state index in [9.17, 15) is 9.59 Å². The summed E-state index contributed by atoms with van der Waals surface area (Å²) in [4.78, 5) is 36.0. The van der Waals surface area contributed by atoms with Gasteiger partial charge in [-0.2, -0.15) is 0 Å². The van der Waals surface area contributed by atoms with Crippen molar-refractivity contribution in [1.82, 2.24) is 19.8 Å². The van der Waals surface area contributed by atoms with Crippen LogP contribution in [0.15, 0.2) is 47.1 Å². The van der Waals surface area contributed by atoms with Crippen LogP contribution < -0.4 is 0 Å². The van der Waals surface area contributed by atoms with Crippen LogP contribution in [0.3, 0.4) is 0 Å². The van der Waals surface area contributed by atoms with Gasteiger partial charge in [-0.05, 0) is 24.3 Å². The second-order valence-electron chi connectivity index (χ2n) is 6.34. The van der Waals surface area contributed by atoms with Gasteiger partial charge in [0, 0.05) is 26.2 Å². The molecule has 0 aliphatic carbocycles. The fourth-order valence-electron chi connectivity index (χ4n) is 3.12. The molecule has 3 aromatic rings. The average Bonchev–Trinajstić information content (AvgIpc) is 3.37. The summed E-state index contributed by atoms with van der Waals surface area (Å²) in [7, 11) is 0. The molecule has 1 aromatic carbocycles. The number of aromatic nitrogens is 2. The summed E-state index contributed by atoms with van der Waals surface area (Å²) in [6.07, 6.45) is 1.49. The number of aromatic amines is 1. The minimum atomic E-state index is -0.119. The summed E-state index contributed by atoms with van der Waals surface area (Å²) in [5.41, 5.74) is 1.95. The number of furan rings is 1. The number of H-pyrrole nitrogens is 1. The molecule has 1 aliphatic rings. The second-order valence-corrected chi connectivity index (χ2v) is 7.33. The maximum atomic E-state index is 12.4. The minimum Gasteiger partial charge on any atom is -0.459 e. The summed E-state index contributed by atoms with van der Waals surface area (Å²) in [6, 6.07) is 11.2. The van der Waals surface area contributed by atoms with Gasteiger partial charge in [0.1, 0.15) is 5.82 Å². The number of fused-ring (bicyclic) bond motifs is 1. The summed E-state index contributed by atoms with van der Waals surface area (Å²) in [5, 5.41) is 0. The lowest BCUT2D eigenvalue weighted by molar-refractivity contribution is -0.129. The molecular weight excluding hydrogens is 364 g/mol. The molecule has 2 aromatic heterocycles. The van der Waals surface area contributed by atoms with E-state index in [1.165, 1.54) is 6.26 Å². The van der Waals surface area contributed by atoms with Crippen molar-refractivity contribution in [3.63, 3.8) is 0 Å². The van der Waals surface area contributed by atoms with Crippen molar-refractivity contribution in [2.24, 2.45) is 0 Å². The highest BCUT2D eigenvalue weighted by Gasteiger charge is 2.25. The lowest BCUT2D eigenvalue weighted by Gasteiger charge is -2.34. The SMILES string of the molecule is O=C(CSCc1nc2ccccc2[nH]1)N1CCN(C(=O)c2ccco2)CC1. The summed E-state index contributed by atoms with van der Waals surface area (Å²) >= 11 is 1.55. The van der Waals surface area contributed by atoms with Gasteiger partial charge in [0.05, 0.1) is 28.8 Å². The smallest absolute Gasteiger partial charge is 0.289 e. The number of imidazole rings is 1. The number of amides is 2. The number of rotatable bonds is 5. The maximum absolute atomic E-state index is 12.4. The van der Waals surface area contributed by atoms with E-state index in [0.717, 1.165) is 16.9 Å². The first-order valence-corrected chi connectivity index (χ1v) is 9.98. The molecule has 0 radical (unpaired) electrons. The molecule has 7 nitrogen and oxygen atoms in total. The summed E-state index contributed by atoms with van der Waals surface area (Å²) < 4.78 is 5.16. The Morgan fingerprint density at radius 1 is 1.07 bits per heavy atom. The number of hydrogen-bond donors (Lipinski definition) is 1. The van der Waals surface area contributed by atoms with Gasteiger partial charge >= 0.3 is 0 Å². The Morgan fingerprint density at radius 3 is 2.59 bits per heavy atom. The maximum Gasteiger partial charge on any atom is 0.289 e. The molecule has 1 saturated heterocycles. The average molecular weight is 384 g/mol. The number of hydrogen-bond acceptors (Lipinski definition) is 5. The number of para-hydroxylation sites is 2. The highest BCUT2D eigenvalue weighted by molar-refractivity contribution is 7.99. The third kappa shape index (κ3) is 4.00. The predicted molar refractivity (Wildman–Crippen MR) is 103 cm³/mol. The van der Waals surface area contributed by atoms with E-state index < -0.39 is 0 Å². The predicted octanol–water partition coefficient (Wildman–Crippen LogP) is 2.37. The van der Waals surface area contributed by atoms with Gasteiger partial charge < -0.3 is 19.2 Å². The van der Waals surface area contributed by atoms with E-state index in [0.29, 0.717) is 43.4 Å². The molecule has 1 N–H and O–H groups in total. The first-order chi connectivity index (χ1) is 13.2. The molecule has 0 atom stereocenters. The van der Waals surface area contributed by atoms with Crippen molar-refractivity contribution < 1.29 is 14.0 Å². The van der Waals surface area contributed by atoms with Gasteiger partial charge in [-0.25, -0.2) is 4.98 Å². The van der Waals surface area contributed by atoms with Gasteiger partial charge in [0.2, 0.25) is 5.91 Å². The topological polar surface area (TPSA) is 82.4 Å². The Morgan fingerprint density at radius 2 is 1.85 bits per heavy atom. The molecule has 27 heavy (non-hydrogen) atoms. The van der Waals surface area contributed by atoms with Crippen molar-refractivity contribution in [2.45, 2.75) is 5.75 Å². The summed E-state index contributed by atoms with van der Waals surface area (Å²) in [6.45, 7) is 2.16. The molecule has 1 fully saturated rings. The van der Waals surface area contributed by atoms with Gasteiger partial charge in [-0.15, -0.1) is 11.8 Å². The Balaban J connectivity index is 1.23. The lowest BCUT2D eigenvalue weighted by Crippen LogP contribution is -2.51. The first-order valence-electron chi connectivity index (χ1n) is 8.82. The molecule has 3 heterocycles. The van der Waals surface area contributed by atoms with Crippen molar-refractivity contribution in [2.75, 3.05) is 31.9 Å². The molecule has 0 spiro atoms. The highest BCUT2D eigenvalue weighted by Crippen LogP contribution is 2.16. The zero-order valence-electron chi connectivity index (χ0n) is 14.8. The number of thioether (sulfide) groups is 1. The van der Waals surface area contributed by atoms with E-state index in [2.05, 4.69) is 9.97 Å². The Bertz CT molecular complexity index is 896.